The lowest BCUT2D eigenvalue weighted by Crippen LogP contribution is -2.07. The van der Waals surface area contributed by atoms with E-state index in [0.29, 0.717) is 18.1 Å². The van der Waals surface area contributed by atoms with Gasteiger partial charge in [0.2, 0.25) is 0 Å². The Morgan fingerprint density at radius 2 is 1.96 bits per heavy atom. The summed E-state index contributed by atoms with van der Waals surface area (Å²) in [4.78, 5) is 4.16. The van der Waals surface area contributed by atoms with Gasteiger partial charge in [0.1, 0.15) is 17.6 Å². The zero-order chi connectivity index (χ0) is 18.7. The van der Waals surface area contributed by atoms with Gasteiger partial charge in [-0.3, -0.25) is 0 Å². The molecule has 3 aromatic rings. The highest BCUT2D eigenvalue weighted by atomic mass is 16.5. The largest absolute Gasteiger partial charge is 0.385 e. The van der Waals surface area contributed by atoms with Crippen LogP contribution in [0.2, 0.25) is 0 Å². The minimum absolute atomic E-state index is 0.0171. The van der Waals surface area contributed by atoms with Crippen LogP contribution in [0.25, 0.3) is 11.3 Å². The summed E-state index contributed by atoms with van der Waals surface area (Å²) in [7, 11) is 0. The Labute approximate surface area is 153 Å². The predicted octanol–water partition coefficient (Wildman–Crippen LogP) is 4.04. The maximum Gasteiger partial charge on any atom is 0.167 e. The lowest BCUT2D eigenvalue weighted by Gasteiger charge is -2.07. The van der Waals surface area contributed by atoms with Crippen LogP contribution in [0.5, 0.6) is 0 Å². The zero-order valence-corrected chi connectivity index (χ0v) is 15.5. The van der Waals surface area contributed by atoms with Crippen LogP contribution in [-0.4, -0.2) is 19.8 Å². The van der Waals surface area contributed by atoms with Crippen molar-refractivity contribution in [1.82, 2.24) is 14.7 Å². The van der Waals surface area contributed by atoms with Crippen molar-refractivity contribution in [2.75, 3.05) is 0 Å². The van der Waals surface area contributed by atoms with Crippen molar-refractivity contribution < 1.29 is 9.63 Å². The first-order chi connectivity index (χ1) is 12.3. The number of aliphatic hydroxyl groups is 1. The first-order valence-corrected chi connectivity index (χ1v) is 8.60. The van der Waals surface area contributed by atoms with Crippen LogP contribution in [0.15, 0.2) is 47.2 Å². The summed E-state index contributed by atoms with van der Waals surface area (Å²) in [5.74, 6) is 7.72. The molecule has 0 aliphatic rings. The number of benzene rings is 1. The molecule has 2 heterocycles. The van der Waals surface area contributed by atoms with Gasteiger partial charge in [0.05, 0.1) is 6.54 Å². The Bertz CT molecular complexity index is 932. The summed E-state index contributed by atoms with van der Waals surface area (Å²) in [5.41, 5.74) is 2.68. The fourth-order valence-electron chi connectivity index (χ4n) is 2.50. The third-order valence-electron chi connectivity index (χ3n) is 3.76. The molecule has 0 bridgehead atoms. The quantitative estimate of drug-likeness (QED) is 0.722. The van der Waals surface area contributed by atoms with Crippen LogP contribution in [0, 0.1) is 17.3 Å². The van der Waals surface area contributed by atoms with Crippen LogP contribution in [0.3, 0.4) is 0 Å². The van der Waals surface area contributed by atoms with Gasteiger partial charge in [-0.25, -0.2) is 4.98 Å². The molecule has 3 rings (SSSR count). The van der Waals surface area contributed by atoms with Crippen molar-refractivity contribution in [3.8, 4) is 23.2 Å². The molecule has 1 unspecified atom stereocenters. The molecule has 0 amide bonds. The molecule has 1 N–H and O–H groups in total. The van der Waals surface area contributed by atoms with Gasteiger partial charge >= 0.3 is 0 Å². The molecule has 0 aliphatic carbocycles. The molecule has 0 spiro atoms. The van der Waals surface area contributed by atoms with E-state index < -0.39 is 6.10 Å². The van der Waals surface area contributed by atoms with E-state index in [1.807, 2.05) is 41.1 Å². The Balaban J connectivity index is 1.75. The van der Waals surface area contributed by atoms with Crippen LogP contribution in [-0.2, 0) is 6.54 Å². The highest BCUT2D eigenvalue weighted by Gasteiger charge is 2.12. The van der Waals surface area contributed by atoms with E-state index >= 15 is 0 Å². The summed E-state index contributed by atoms with van der Waals surface area (Å²) in [6, 6.07) is 9.84. The van der Waals surface area contributed by atoms with Gasteiger partial charge < -0.3 is 14.2 Å². The van der Waals surface area contributed by atoms with Crippen LogP contribution in [0.4, 0.5) is 0 Å². The fourth-order valence-corrected chi connectivity index (χ4v) is 2.50. The fraction of sp³-hybridized carbons (Fsp3) is 0.333. The van der Waals surface area contributed by atoms with E-state index in [1.54, 1.807) is 13.1 Å². The molecule has 2 aromatic heterocycles. The number of aliphatic hydroxyl groups excluding tert-OH is 1. The second kappa shape index (κ2) is 7.19. The van der Waals surface area contributed by atoms with E-state index in [2.05, 4.69) is 42.8 Å². The van der Waals surface area contributed by atoms with E-state index in [1.165, 1.54) is 0 Å². The van der Waals surface area contributed by atoms with Gasteiger partial charge in [0.15, 0.2) is 5.76 Å². The van der Waals surface area contributed by atoms with Crippen molar-refractivity contribution in [2.24, 2.45) is 5.41 Å². The third-order valence-corrected chi connectivity index (χ3v) is 3.76. The van der Waals surface area contributed by atoms with Crippen LogP contribution in [0.1, 0.15) is 50.9 Å². The normalized spacial score (nSPS) is 12.5. The number of hydrogen-bond donors (Lipinski definition) is 1. The highest BCUT2D eigenvalue weighted by molar-refractivity contribution is 5.59. The van der Waals surface area contributed by atoms with Gasteiger partial charge in [-0.05, 0) is 52.0 Å². The lowest BCUT2D eigenvalue weighted by molar-refractivity contribution is 0.184. The Hall–Kier alpha value is -2.84. The Kier molecular flexibility index (Phi) is 4.97. The van der Waals surface area contributed by atoms with Gasteiger partial charge in [-0.15, -0.1) is 0 Å². The average molecular weight is 349 g/mol. The number of rotatable bonds is 4. The van der Waals surface area contributed by atoms with Crippen molar-refractivity contribution in [2.45, 2.75) is 40.3 Å². The molecule has 0 radical (unpaired) electrons. The minimum atomic E-state index is -0.627. The standard InChI is InChI=1S/C21H23N3O2/c1-15(25)20-22-11-12-24(20)14-18-13-19(26-23-18)17-7-5-16(6-8-17)9-10-21(2,3)4/h5-8,11-13,15,25H,14H2,1-4H3. The summed E-state index contributed by atoms with van der Waals surface area (Å²) in [6.45, 7) is 8.46. The second-order valence-corrected chi connectivity index (χ2v) is 7.35. The number of nitrogens with zero attached hydrogens (tertiary/aromatic N) is 3. The van der Waals surface area contributed by atoms with E-state index in [-0.39, 0.29) is 5.41 Å². The van der Waals surface area contributed by atoms with Crippen LogP contribution < -0.4 is 0 Å². The van der Waals surface area contributed by atoms with E-state index in [9.17, 15) is 5.11 Å². The molecule has 0 saturated heterocycles. The zero-order valence-electron chi connectivity index (χ0n) is 15.5. The molecule has 26 heavy (non-hydrogen) atoms. The molecule has 0 fully saturated rings. The average Bonchev–Trinajstić information content (AvgIpc) is 3.23. The van der Waals surface area contributed by atoms with E-state index in [4.69, 9.17) is 4.52 Å². The summed E-state index contributed by atoms with van der Waals surface area (Å²) in [5, 5.41) is 13.9. The first-order valence-electron chi connectivity index (χ1n) is 8.60. The third kappa shape index (κ3) is 4.41. The molecule has 1 aromatic carbocycles. The number of imidazole rings is 1. The summed E-state index contributed by atoms with van der Waals surface area (Å²) >= 11 is 0. The van der Waals surface area contributed by atoms with Crippen molar-refractivity contribution in [1.29, 1.82) is 0 Å². The first kappa shape index (κ1) is 18.0. The van der Waals surface area contributed by atoms with Crippen molar-refractivity contribution in [3.63, 3.8) is 0 Å². The highest BCUT2D eigenvalue weighted by Crippen LogP contribution is 2.22. The molecular formula is C21H23N3O2. The Morgan fingerprint density at radius 1 is 1.23 bits per heavy atom. The monoisotopic (exact) mass is 349 g/mol. The lowest BCUT2D eigenvalue weighted by atomic mass is 9.97. The van der Waals surface area contributed by atoms with Crippen molar-refractivity contribution in [3.05, 3.63) is 59.8 Å². The maximum atomic E-state index is 9.74. The molecule has 1 atom stereocenters. The maximum absolute atomic E-state index is 9.74. The van der Waals surface area contributed by atoms with Gasteiger partial charge in [0.25, 0.3) is 0 Å². The number of hydrogen-bond acceptors (Lipinski definition) is 4. The smallest absolute Gasteiger partial charge is 0.167 e. The number of aromatic nitrogens is 3. The SMILES string of the molecule is CC(O)c1nccn1Cc1cc(-c2ccc(C#CC(C)(C)C)cc2)on1. The van der Waals surface area contributed by atoms with Crippen molar-refractivity contribution >= 4 is 0 Å². The van der Waals surface area contributed by atoms with Gasteiger partial charge in [-0.1, -0.05) is 17.0 Å². The Morgan fingerprint density at radius 3 is 2.62 bits per heavy atom. The minimum Gasteiger partial charge on any atom is -0.385 e. The molecule has 0 aliphatic heterocycles. The van der Waals surface area contributed by atoms with Gasteiger partial charge in [-0.2, -0.15) is 0 Å². The molecular weight excluding hydrogens is 326 g/mol. The second-order valence-electron chi connectivity index (χ2n) is 7.35. The topological polar surface area (TPSA) is 64.1 Å². The van der Waals surface area contributed by atoms with Crippen LogP contribution >= 0.6 is 0 Å². The molecule has 0 saturated carbocycles. The molecule has 134 valence electrons. The van der Waals surface area contributed by atoms with E-state index in [0.717, 1.165) is 16.8 Å². The molecule has 5 nitrogen and oxygen atoms in total. The summed E-state index contributed by atoms with van der Waals surface area (Å²) in [6.07, 6.45) is 2.86. The van der Waals surface area contributed by atoms with Gasteiger partial charge in [0, 0.05) is 35.0 Å². The molecule has 5 heteroatoms. The predicted molar refractivity (Wildman–Crippen MR) is 100 cm³/mol. The summed E-state index contributed by atoms with van der Waals surface area (Å²) < 4.78 is 7.33.